The van der Waals surface area contributed by atoms with Gasteiger partial charge in [0.15, 0.2) is 0 Å². The first-order valence-corrected chi connectivity index (χ1v) is 23.2. The third kappa shape index (κ3) is 12.0. The summed E-state index contributed by atoms with van der Waals surface area (Å²) in [5.41, 5.74) is 6.92. The molecule has 3 saturated carbocycles. The van der Waals surface area contributed by atoms with Crippen molar-refractivity contribution in [2.75, 3.05) is 13.7 Å². The summed E-state index contributed by atoms with van der Waals surface area (Å²) in [5, 5.41) is 29.3. The van der Waals surface area contributed by atoms with Crippen LogP contribution in [-0.4, -0.2) is 126 Å². The Hall–Kier alpha value is -4.75. The summed E-state index contributed by atoms with van der Waals surface area (Å²) >= 11 is 0. The molecule has 5 aliphatic rings. The number of nitrogens with one attached hydrogen (secondary N) is 4. The number of nitrogens with zero attached hydrogens (tertiary/aromatic N) is 1. The largest absolute Gasteiger partial charge is 0.497 e. The minimum absolute atomic E-state index is 0.0456. The molecule has 6 rings (SSSR count). The van der Waals surface area contributed by atoms with Crippen LogP contribution in [0.25, 0.3) is 0 Å². The van der Waals surface area contributed by atoms with Gasteiger partial charge in [-0.1, -0.05) is 67.0 Å². The van der Waals surface area contributed by atoms with Gasteiger partial charge in [-0.2, -0.15) is 0 Å². The van der Waals surface area contributed by atoms with Gasteiger partial charge in [-0.15, -0.1) is 0 Å². The van der Waals surface area contributed by atoms with Crippen molar-refractivity contribution >= 4 is 48.6 Å². The first-order chi connectivity index (χ1) is 30.6. The van der Waals surface area contributed by atoms with Gasteiger partial charge in [0.25, 0.3) is 0 Å². The van der Waals surface area contributed by atoms with Gasteiger partial charge in [0, 0.05) is 18.4 Å². The molecule has 0 radical (unpaired) electrons. The van der Waals surface area contributed by atoms with E-state index in [1.807, 2.05) is 24.3 Å². The Kier molecular flexibility index (Phi) is 17.1. The van der Waals surface area contributed by atoms with E-state index in [1.54, 1.807) is 34.8 Å². The van der Waals surface area contributed by atoms with Gasteiger partial charge in [-0.25, -0.2) is 0 Å². The molecule has 65 heavy (non-hydrogen) atoms. The third-order valence-corrected chi connectivity index (χ3v) is 14.6. The summed E-state index contributed by atoms with van der Waals surface area (Å²) in [7, 11) is 0.980. The molecule has 5 amide bonds. The Balaban J connectivity index is 1.26. The van der Waals surface area contributed by atoms with E-state index < -0.39 is 104 Å². The minimum atomic E-state index is -1.51. The second kappa shape index (κ2) is 21.7. The van der Waals surface area contributed by atoms with Crippen LogP contribution in [0, 0.1) is 28.6 Å². The van der Waals surface area contributed by atoms with Crippen molar-refractivity contribution in [2.24, 2.45) is 34.3 Å². The van der Waals surface area contributed by atoms with Crippen molar-refractivity contribution in [3.63, 3.8) is 0 Å². The maximum Gasteiger partial charge on any atom is 0.481 e. The van der Waals surface area contributed by atoms with Gasteiger partial charge < -0.3 is 56.2 Å². The van der Waals surface area contributed by atoms with Gasteiger partial charge in [0.05, 0.1) is 37.7 Å². The molecule has 3 aliphatic carbocycles. The zero-order valence-corrected chi connectivity index (χ0v) is 39.2. The molecule has 2 aliphatic heterocycles. The zero-order chi connectivity index (χ0) is 48.0. The van der Waals surface area contributed by atoms with Crippen LogP contribution in [0.1, 0.15) is 118 Å². The third-order valence-electron chi connectivity index (χ3n) is 14.6. The van der Waals surface area contributed by atoms with Crippen LogP contribution < -0.4 is 31.7 Å². The second-order valence-electron chi connectivity index (χ2n) is 19.9. The Morgan fingerprint density at radius 1 is 0.862 bits per heavy atom. The highest BCUT2D eigenvalue weighted by atomic mass is 16.7. The number of rotatable bonds is 23. The monoisotopic (exact) mass is 911 g/mol. The number of hydrogen-bond donors (Lipinski definition) is 7. The molecule has 19 heteroatoms. The van der Waals surface area contributed by atoms with E-state index in [0.717, 1.165) is 37.9 Å². The molecule has 0 unspecified atom stereocenters. The van der Waals surface area contributed by atoms with Crippen LogP contribution in [0.3, 0.4) is 0 Å². The normalized spacial score (nSPS) is 25.3. The number of amides is 5. The van der Waals surface area contributed by atoms with E-state index in [2.05, 4.69) is 42.0 Å². The lowest BCUT2D eigenvalue weighted by molar-refractivity contribution is -0.220. The summed E-state index contributed by atoms with van der Waals surface area (Å²) in [6, 6.07) is 1.87. The average molecular weight is 911 g/mol. The zero-order valence-electron chi connectivity index (χ0n) is 39.2. The summed E-state index contributed by atoms with van der Waals surface area (Å²) in [6.07, 6.45) is 4.27. The van der Waals surface area contributed by atoms with E-state index in [1.165, 1.54) is 10.5 Å². The minimum Gasteiger partial charge on any atom is -0.497 e. The molecule has 2 saturated heterocycles. The molecule has 1 aromatic rings. The summed E-state index contributed by atoms with van der Waals surface area (Å²) < 4.78 is 18.7. The number of likely N-dealkylation sites (tertiary alicyclic amines) is 1. The molecule has 5 fully saturated rings. The van der Waals surface area contributed by atoms with Crippen molar-refractivity contribution in [1.29, 1.82) is 0 Å². The number of ether oxygens (including phenoxy) is 1. The molecule has 360 valence electrons. The van der Waals surface area contributed by atoms with Crippen LogP contribution >= 0.6 is 0 Å². The number of unbranched alkanes of at least 4 members (excludes halogenated alkanes) is 1. The number of carboxylic acid groups (broad SMARTS) is 2. The van der Waals surface area contributed by atoms with Crippen molar-refractivity contribution < 1.29 is 57.8 Å². The highest BCUT2D eigenvalue weighted by molar-refractivity contribution is 6.47. The first kappa shape index (κ1) is 51.2. The van der Waals surface area contributed by atoms with Crippen LogP contribution in [-0.2, 0) is 49.3 Å². The predicted molar refractivity (Wildman–Crippen MR) is 240 cm³/mol. The lowest BCUT2D eigenvalue weighted by Crippen LogP contribution is -2.66. The number of carbonyl (C=O) groups is 7. The fourth-order valence-corrected chi connectivity index (χ4v) is 10.1. The quantitative estimate of drug-likeness (QED) is 0.0616. The number of benzene rings is 1. The van der Waals surface area contributed by atoms with Crippen molar-refractivity contribution in [1.82, 2.24) is 26.2 Å². The maximum absolute atomic E-state index is 14.4. The molecular formula is C46H71BN6O12. The average Bonchev–Trinajstić information content (AvgIpc) is 3.93. The van der Waals surface area contributed by atoms with Crippen molar-refractivity contribution in [3.05, 3.63) is 29.8 Å². The molecule has 10 atom stereocenters. The highest BCUT2D eigenvalue weighted by Gasteiger charge is 2.69. The number of carboxylic acids is 2. The number of aliphatic carboxylic acids is 2. The Morgan fingerprint density at radius 3 is 2.12 bits per heavy atom. The van der Waals surface area contributed by atoms with E-state index in [9.17, 15) is 38.7 Å². The standard InChI is InChI=1S/C46H71BN6O12/c1-25(2)37(51-41(59)31(19-20-35(54)55)49-40(58)30(48)23-36(56)57)43(61)52-38(26(3)4)44(62)53-21-11-13-32(53)42(60)50-34(14-10-9-12-27-15-17-29(63-8)18-16-27)47-64-33-22-28-24-46(7,39(33)65-47)45(28,5)6/h15-18,25-26,28,30-34,37-39H,9-14,19-24,48H2,1-8H3,(H,49,58)(H,50,60)(H,51,59)(H,52,61)(H,54,55)(H,56,57)/t28-,30+,31+,32+,33-,34+,37+,38+,39-,46-/m1/s1. The number of aryl methyl sites for hydroxylation is 1. The Morgan fingerprint density at radius 2 is 1.52 bits per heavy atom. The molecular weight excluding hydrogens is 839 g/mol. The Bertz CT molecular complexity index is 1900. The lowest BCUT2D eigenvalue weighted by Gasteiger charge is -2.67. The summed E-state index contributed by atoms with van der Waals surface area (Å²) in [4.78, 5) is 93.0. The number of methoxy groups -OCH3 is 1. The van der Waals surface area contributed by atoms with E-state index >= 15 is 0 Å². The second-order valence-corrected chi connectivity index (χ2v) is 19.9. The molecule has 18 nitrogen and oxygen atoms in total. The van der Waals surface area contributed by atoms with E-state index in [0.29, 0.717) is 25.2 Å². The fraction of sp³-hybridized carbons (Fsp3) is 0.717. The van der Waals surface area contributed by atoms with Crippen LogP contribution in [0.2, 0.25) is 0 Å². The van der Waals surface area contributed by atoms with E-state index in [-0.39, 0.29) is 41.9 Å². The molecule has 8 N–H and O–H groups in total. The molecule has 1 aromatic carbocycles. The number of hydrogen-bond acceptors (Lipinski definition) is 11. The molecule has 2 bridgehead atoms. The van der Waals surface area contributed by atoms with Crippen molar-refractivity contribution in [2.45, 2.75) is 167 Å². The van der Waals surface area contributed by atoms with Crippen molar-refractivity contribution in [3.8, 4) is 5.75 Å². The Labute approximate surface area is 382 Å². The topological polar surface area (TPSA) is 265 Å². The van der Waals surface area contributed by atoms with Gasteiger partial charge in [0.2, 0.25) is 29.5 Å². The van der Waals surface area contributed by atoms with Crippen LogP contribution in [0.5, 0.6) is 5.75 Å². The van der Waals surface area contributed by atoms with Gasteiger partial charge in [-0.3, -0.25) is 33.6 Å². The van der Waals surface area contributed by atoms with Gasteiger partial charge in [0.1, 0.15) is 29.9 Å². The molecule has 2 heterocycles. The number of carbonyl (C=O) groups excluding carboxylic acids is 5. The van der Waals surface area contributed by atoms with Gasteiger partial charge >= 0.3 is 19.1 Å². The maximum atomic E-state index is 14.4. The van der Waals surface area contributed by atoms with Gasteiger partial charge in [-0.05, 0) is 92.2 Å². The van der Waals surface area contributed by atoms with Crippen LogP contribution in [0.4, 0.5) is 0 Å². The SMILES string of the molecule is COc1ccc(CCCC[C@H](NC(=O)[C@@H]2CCCN2C(=O)[C@@H](NC(=O)[C@@H](NC(=O)[C@H](CCC(=O)O)NC(=O)[C@@H](N)CC(=O)O)C(C)C)C(C)C)B2O[C@@H]3[C@@H](C[C@@H]4C[C@@]3(C)C4(C)C)O2)cc1. The molecule has 0 aromatic heterocycles. The molecule has 0 spiro atoms. The van der Waals surface area contributed by atoms with Crippen LogP contribution in [0.15, 0.2) is 24.3 Å². The highest BCUT2D eigenvalue weighted by Crippen LogP contribution is 2.69. The lowest BCUT2D eigenvalue weighted by atomic mass is 9.39. The summed E-state index contributed by atoms with van der Waals surface area (Å²) in [6.45, 7) is 14.0. The predicted octanol–water partition coefficient (Wildman–Crippen LogP) is 2.58. The number of nitrogens with two attached hydrogens (primary N) is 1. The smallest absolute Gasteiger partial charge is 0.481 e. The van der Waals surface area contributed by atoms with E-state index in [4.69, 9.17) is 24.9 Å². The summed E-state index contributed by atoms with van der Waals surface area (Å²) in [5.74, 6) is -6.05. The first-order valence-electron chi connectivity index (χ1n) is 23.2. The fourth-order valence-electron chi connectivity index (χ4n) is 10.1.